The van der Waals surface area contributed by atoms with Crippen LogP contribution in [0.1, 0.15) is 69.1 Å². The summed E-state index contributed by atoms with van der Waals surface area (Å²) >= 11 is 0. The molecule has 0 amide bonds. The van der Waals surface area contributed by atoms with Gasteiger partial charge in [0.25, 0.3) is 0 Å². The van der Waals surface area contributed by atoms with Crippen molar-refractivity contribution in [3.05, 3.63) is 22.8 Å². The van der Waals surface area contributed by atoms with E-state index >= 15 is 0 Å². The summed E-state index contributed by atoms with van der Waals surface area (Å²) in [4.78, 5) is 12.6. The lowest BCUT2D eigenvalue weighted by molar-refractivity contribution is -0.152. The molecule has 2 fully saturated rings. The Balaban J connectivity index is 1.85. The van der Waals surface area contributed by atoms with Crippen LogP contribution in [0.5, 0.6) is 11.5 Å². The maximum absolute atomic E-state index is 12.6. The highest BCUT2D eigenvalue weighted by atomic mass is 16.6. The molecule has 1 saturated carbocycles. The van der Waals surface area contributed by atoms with Crippen molar-refractivity contribution in [2.45, 2.75) is 70.8 Å². The molecule has 0 aromatic heterocycles. The van der Waals surface area contributed by atoms with Gasteiger partial charge in [-0.3, -0.25) is 4.79 Å². The van der Waals surface area contributed by atoms with Crippen molar-refractivity contribution in [3.8, 4) is 11.5 Å². The molecule has 4 heteroatoms. The zero-order valence-electron chi connectivity index (χ0n) is 15.6. The molecule has 136 valence electrons. The number of aryl methyl sites for hydroxylation is 1. The lowest BCUT2D eigenvalue weighted by atomic mass is 9.61. The zero-order valence-corrected chi connectivity index (χ0v) is 15.6. The number of carbonyl (C=O) groups is 1. The van der Waals surface area contributed by atoms with Gasteiger partial charge in [0.1, 0.15) is 5.60 Å². The number of rotatable bonds is 2. The molecule has 2 aliphatic carbocycles. The topological polar surface area (TPSA) is 55.8 Å². The van der Waals surface area contributed by atoms with Crippen LogP contribution in [0.4, 0.5) is 0 Å². The minimum Gasteiger partial charge on any atom is -0.504 e. The first-order valence-corrected chi connectivity index (χ1v) is 9.47. The fourth-order valence-electron chi connectivity index (χ4n) is 5.61. The van der Waals surface area contributed by atoms with Crippen molar-refractivity contribution in [1.29, 1.82) is 0 Å². The molecule has 1 heterocycles. The van der Waals surface area contributed by atoms with E-state index in [1.165, 1.54) is 5.56 Å². The summed E-state index contributed by atoms with van der Waals surface area (Å²) in [6, 6.07) is 2.20. The van der Waals surface area contributed by atoms with Crippen molar-refractivity contribution in [3.63, 3.8) is 0 Å². The molecule has 4 rings (SSSR count). The number of esters is 1. The van der Waals surface area contributed by atoms with Crippen LogP contribution in [-0.2, 0) is 22.4 Å². The van der Waals surface area contributed by atoms with Crippen LogP contribution in [0, 0.1) is 11.3 Å². The molecule has 1 N–H and O–H groups in total. The van der Waals surface area contributed by atoms with E-state index < -0.39 is 5.60 Å². The number of methoxy groups -OCH3 is 1. The van der Waals surface area contributed by atoms with Gasteiger partial charge in [0.15, 0.2) is 11.5 Å². The predicted octanol–water partition coefficient (Wildman–Crippen LogP) is 4.11. The molecule has 0 spiro atoms. The van der Waals surface area contributed by atoms with Gasteiger partial charge in [-0.25, -0.2) is 0 Å². The maximum atomic E-state index is 12.6. The number of fused-ring (bicyclic) bond motifs is 1. The first-order valence-electron chi connectivity index (χ1n) is 9.47. The molecule has 1 aromatic carbocycles. The highest BCUT2D eigenvalue weighted by Crippen LogP contribution is 2.60. The van der Waals surface area contributed by atoms with E-state index in [9.17, 15) is 9.90 Å². The van der Waals surface area contributed by atoms with Gasteiger partial charge in [-0.2, -0.15) is 0 Å². The summed E-state index contributed by atoms with van der Waals surface area (Å²) in [5.41, 5.74) is 2.35. The Morgan fingerprint density at radius 3 is 2.80 bits per heavy atom. The maximum Gasteiger partial charge on any atom is 0.312 e. The molecule has 3 atom stereocenters. The molecule has 3 aliphatic rings. The van der Waals surface area contributed by atoms with Gasteiger partial charge in [-0.15, -0.1) is 0 Å². The van der Waals surface area contributed by atoms with Gasteiger partial charge in [0.2, 0.25) is 0 Å². The van der Waals surface area contributed by atoms with Crippen molar-refractivity contribution < 1.29 is 19.4 Å². The average Bonchev–Trinajstić information content (AvgIpc) is 2.70. The van der Waals surface area contributed by atoms with Crippen molar-refractivity contribution in [2.75, 3.05) is 7.11 Å². The van der Waals surface area contributed by atoms with Crippen LogP contribution in [0.3, 0.4) is 0 Å². The SMILES string of the molecule is COc1c(C(C)C)cc2c(c1O)C[C@]13CCC[C@](C)(C(=O)O1)[C@@H]3CC2. The van der Waals surface area contributed by atoms with Gasteiger partial charge < -0.3 is 14.6 Å². The van der Waals surface area contributed by atoms with Gasteiger partial charge in [0, 0.05) is 23.5 Å². The Labute approximate surface area is 149 Å². The summed E-state index contributed by atoms with van der Waals surface area (Å²) in [7, 11) is 1.61. The largest absolute Gasteiger partial charge is 0.504 e. The smallest absolute Gasteiger partial charge is 0.312 e. The van der Waals surface area contributed by atoms with Gasteiger partial charge in [0.05, 0.1) is 12.5 Å². The number of benzene rings is 1. The molecule has 1 saturated heterocycles. The quantitative estimate of drug-likeness (QED) is 0.820. The van der Waals surface area contributed by atoms with E-state index in [0.717, 1.165) is 43.2 Å². The Kier molecular flexibility index (Phi) is 3.61. The molecule has 2 bridgehead atoms. The number of aromatic hydroxyl groups is 1. The molecular formula is C21H28O4. The summed E-state index contributed by atoms with van der Waals surface area (Å²) in [5, 5.41) is 11.0. The van der Waals surface area contributed by atoms with E-state index in [2.05, 4.69) is 26.8 Å². The van der Waals surface area contributed by atoms with Crippen LogP contribution in [0.15, 0.2) is 6.07 Å². The monoisotopic (exact) mass is 344 g/mol. The van der Waals surface area contributed by atoms with Crippen LogP contribution in [0.25, 0.3) is 0 Å². The lowest BCUT2D eigenvalue weighted by Gasteiger charge is -2.40. The van der Waals surface area contributed by atoms with E-state index in [0.29, 0.717) is 12.2 Å². The molecule has 0 unspecified atom stereocenters. The molecular weight excluding hydrogens is 316 g/mol. The number of phenols is 1. The first-order chi connectivity index (χ1) is 11.8. The van der Waals surface area contributed by atoms with Gasteiger partial charge >= 0.3 is 5.97 Å². The Bertz CT molecular complexity index is 738. The third kappa shape index (κ3) is 2.15. The van der Waals surface area contributed by atoms with Crippen LogP contribution in [0.2, 0.25) is 0 Å². The number of ether oxygens (including phenoxy) is 2. The van der Waals surface area contributed by atoms with Crippen molar-refractivity contribution >= 4 is 5.97 Å². The number of hydrogen-bond acceptors (Lipinski definition) is 4. The zero-order chi connectivity index (χ0) is 18.0. The predicted molar refractivity (Wildman–Crippen MR) is 95.0 cm³/mol. The Morgan fingerprint density at radius 1 is 1.36 bits per heavy atom. The van der Waals surface area contributed by atoms with Gasteiger partial charge in [-0.05, 0) is 50.5 Å². The minimum absolute atomic E-state index is 0.0382. The molecule has 1 aromatic rings. The number of hydrogen-bond donors (Lipinski definition) is 1. The second-order valence-electron chi connectivity index (χ2n) is 8.63. The van der Waals surface area contributed by atoms with Crippen LogP contribution in [-0.4, -0.2) is 23.8 Å². The molecule has 4 nitrogen and oxygen atoms in total. The fraction of sp³-hybridized carbons (Fsp3) is 0.667. The molecule has 25 heavy (non-hydrogen) atoms. The number of carbonyl (C=O) groups excluding carboxylic acids is 1. The van der Waals surface area contributed by atoms with E-state index in [4.69, 9.17) is 9.47 Å². The fourth-order valence-corrected chi connectivity index (χ4v) is 5.61. The summed E-state index contributed by atoms with van der Waals surface area (Å²) in [6.07, 6.45) is 5.25. The standard InChI is InChI=1S/C21H28O4/c1-12(2)14-10-13-6-7-16-20(3)8-5-9-21(16,25-19(20)23)11-15(13)17(22)18(14)24-4/h10,12,16,22H,5-9,11H2,1-4H3/t16-,20-,21-/m0/s1. The van der Waals surface area contributed by atoms with E-state index in [-0.39, 0.29) is 29.0 Å². The van der Waals surface area contributed by atoms with E-state index in [1.54, 1.807) is 7.11 Å². The Hall–Kier alpha value is -1.71. The molecule has 1 aliphatic heterocycles. The molecule has 0 radical (unpaired) electrons. The second kappa shape index (κ2) is 5.39. The van der Waals surface area contributed by atoms with Crippen LogP contribution >= 0.6 is 0 Å². The highest BCUT2D eigenvalue weighted by molar-refractivity contribution is 5.81. The highest BCUT2D eigenvalue weighted by Gasteiger charge is 2.64. The third-order valence-electron chi connectivity index (χ3n) is 6.95. The van der Waals surface area contributed by atoms with Gasteiger partial charge in [-0.1, -0.05) is 19.9 Å². The van der Waals surface area contributed by atoms with Crippen molar-refractivity contribution in [1.82, 2.24) is 0 Å². The number of phenolic OH excluding ortho intramolecular Hbond substituents is 1. The minimum atomic E-state index is -0.447. The van der Waals surface area contributed by atoms with Crippen LogP contribution < -0.4 is 4.74 Å². The van der Waals surface area contributed by atoms with Crippen molar-refractivity contribution in [2.24, 2.45) is 11.3 Å². The summed E-state index contributed by atoms with van der Waals surface area (Å²) in [6.45, 7) is 6.31. The second-order valence-corrected chi connectivity index (χ2v) is 8.63. The third-order valence-corrected chi connectivity index (χ3v) is 6.95. The normalized spacial score (nSPS) is 33.5. The first kappa shape index (κ1) is 16.7. The summed E-state index contributed by atoms with van der Waals surface area (Å²) in [5.74, 6) is 1.30. The average molecular weight is 344 g/mol. The lowest BCUT2D eigenvalue weighted by Crippen LogP contribution is -2.44. The Morgan fingerprint density at radius 2 is 2.12 bits per heavy atom. The van der Waals surface area contributed by atoms with E-state index in [1.807, 2.05) is 0 Å². The summed E-state index contributed by atoms with van der Waals surface area (Å²) < 4.78 is 11.6.